The zero-order valence-electron chi connectivity index (χ0n) is 10.7. The highest BCUT2D eigenvalue weighted by molar-refractivity contribution is 9.10. The lowest BCUT2D eigenvalue weighted by molar-refractivity contribution is 0.397. The summed E-state index contributed by atoms with van der Waals surface area (Å²) in [4.78, 5) is 4.09. The van der Waals surface area contributed by atoms with E-state index in [9.17, 15) is 4.39 Å². The smallest absolute Gasteiger partial charge is 0.212 e. The molecule has 0 fully saturated rings. The topological polar surface area (TPSA) is 48.1 Å². The van der Waals surface area contributed by atoms with E-state index in [1.807, 2.05) is 6.07 Å². The van der Waals surface area contributed by atoms with Gasteiger partial charge in [0.2, 0.25) is 5.88 Å². The summed E-state index contributed by atoms with van der Waals surface area (Å²) in [5.74, 6) is 0.0372. The maximum Gasteiger partial charge on any atom is 0.212 e. The molecule has 20 heavy (non-hydrogen) atoms. The SMILES string of the molecule is COc1ccc(CC(N)c2ccc(Br)c(Cl)c2F)cn1. The van der Waals surface area contributed by atoms with Crippen molar-refractivity contribution in [3.63, 3.8) is 0 Å². The van der Waals surface area contributed by atoms with E-state index < -0.39 is 11.9 Å². The van der Waals surface area contributed by atoms with Gasteiger partial charge in [-0.2, -0.15) is 0 Å². The summed E-state index contributed by atoms with van der Waals surface area (Å²) in [6, 6.07) is 6.42. The molecule has 0 aliphatic carbocycles. The number of rotatable bonds is 4. The van der Waals surface area contributed by atoms with E-state index in [1.54, 1.807) is 31.5 Å². The number of hydrogen-bond donors (Lipinski definition) is 1. The predicted octanol–water partition coefficient (Wildman–Crippen LogP) is 3.89. The lowest BCUT2D eigenvalue weighted by atomic mass is 10.0. The number of aromatic nitrogens is 1. The number of benzene rings is 1. The van der Waals surface area contributed by atoms with Crippen molar-refractivity contribution < 1.29 is 9.13 Å². The largest absolute Gasteiger partial charge is 0.481 e. The number of methoxy groups -OCH3 is 1. The molecule has 0 spiro atoms. The van der Waals surface area contributed by atoms with Crippen molar-refractivity contribution in [1.29, 1.82) is 0 Å². The minimum absolute atomic E-state index is 0.0470. The molecule has 1 aromatic heterocycles. The average Bonchev–Trinajstić information content (AvgIpc) is 2.45. The Bertz CT molecular complexity index is 607. The molecular formula is C14H13BrClFN2O. The Morgan fingerprint density at radius 2 is 2.15 bits per heavy atom. The van der Waals surface area contributed by atoms with Crippen LogP contribution in [0.4, 0.5) is 4.39 Å². The van der Waals surface area contributed by atoms with Crippen molar-refractivity contribution in [1.82, 2.24) is 4.98 Å². The molecule has 1 atom stereocenters. The highest BCUT2D eigenvalue weighted by Crippen LogP contribution is 2.30. The van der Waals surface area contributed by atoms with Gasteiger partial charge in [-0.05, 0) is 34.0 Å². The molecule has 0 aliphatic rings. The summed E-state index contributed by atoms with van der Waals surface area (Å²) in [5, 5.41) is 0.0470. The van der Waals surface area contributed by atoms with Crippen LogP contribution >= 0.6 is 27.5 Å². The van der Waals surface area contributed by atoms with E-state index in [2.05, 4.69) is 20.9 Å². The number of halogens is 3. The second-order valence-corrected chi connectivity index (χ2v) is 5.52. The standard InChI is InChI=1S/C14H13BrClFN2O/c1-20-12-5-2-8(7-19-12)6-11(18)9-3-4-10(15)13(16)14(9)17/h2-5,7,11H,6,18H2,1H3. The quantitative estimate of drug-likeness (QED) is 0.843. The third kappa shape index (κ3) is 3.29. The highest BCUT2D eigenvalue weighted by atomic mass is 79.9. The fourth-order valence-corrected chi connectivity index (χ4v) is 2.32. The molecule has 0 saturated carbocycles. The fourth-order valence-electron chi connectivity index (χ4n) is 1.84. The average molecular weight is 360 g/mol. The maximum absolute atomic E-state index is 14.1. The van der Waals surface area contributed by atoms with Crippen LogP contribution in [-0.2, 0) is 6.42 Å². The summed E-state index contributed by atoms with van der Waals surface area (Å²) in [6.45, 7) is 0. The van der Waals surface area contributed by atoms with E-state index in [0.29, 0.717) is 22.3 Å². The van der Waals surface area contributed by atoms with Crippen LogP contribution in [0.1, 0.15) is 17.2 Å². The Morgan fingerprint density at radius 1 is 1.40 bits per heavy atom. The van der Waals surface area contributed by atoms with Gasteiger partial charge in [-0.25, -0.2) is 9.37 Å². The van der Waals surface area contributed by atoms with E-state index in [-0.39, 0.29) is 5.02 Å². The first-order valence-electron chi connectivity index (χ1n) is 5.90. The molecule has 0 radical (unpaired) electrons. The normalized spacial score (nSPS) is 12.2. The van der Waals surface area contributed by atoms with Gasteiger partial charge in [-0.3, -0.25) is 0 Å². The number of hydrogen-bond acceptors (Lipinski definition) is 3. The van der Waals surface area contributed by atoms with Crippen LogP contribution in [0, 0.1) is 5.82 Å². The van der Waals surface area contributed by atoms with Crippen molar-refractivity contribution in [2.75, 3.05) is 7.11 Å². The summed E-state index contributed by atoms with van der Waals surface area (Å²) < 4.78 is 19.6. The Labute approximate surface area is 130 Å². The van der Waals surface area contributed by atoms with Gasteiger partial charge < -0.3 is 10.5 Å². The van der Waals surface area contributed by atoms with E-state index in [1.165, 1.54) is 0 Å². The highest BCUT2D eigenvalue weighted by Gasteiger charge is 2.16. The molecule has 2 rings (SSSR count). The maximum atomic E-state index is 14.1. The number of ether oxygens (including phenoxy) is 1. The van der Waals surface area contributed by atoms with Gasteiger partial charge in [0.05, 0.1) is 12.1 Å². The molecule has 1 aromatic carbocycles. The Hall–Kier alpha value is -1.17. The molecule has 0 aliphatic heterocycles. The summed E-state index contributed by atoms with van der Waals surface area (Å²) in [5.41, 5.74) is 7.33. The van der Waals surface area contributed by atoms with E-state index in [4.69, 9.17) is 22.1 Å². The molecule has 0 amide bonds. The van der Waals surface area contributed by atoms with Gasteiger partial charge in [0.25, 0.3) is 0 Å². The number of nitrogens with zero attached hydrogens (tertiary/aromatic N) is 1. The Morgan fingerprint density at radius 3 is 2.75 bits per heavy atom. The number of nitrogens with two attached hydrogens (primary N) is 1. The molecule has 2 aromatic rings. The molecule has 6 heteroatoms. The predicted molar refractivity (Wildman–Crippen MR) is 80.5 cm³/mol. The zero-order valence-corrected chi connectivity index (χ0v) is 13.1. The molecule has 2 N–H and O–H groups in total. The van der Waals surface area contributed by atoms with E-state index in [0.717, 1.165) is 5.56 Å². The minimum Gasteiger partial charge on any atom is -0.481 e. The summed E-state index contributed by atoms with van der Waals surface area (Å²) in [6.07, 6.45) is 2.13. The monoisotopic (exact) mass is 358 g/mol. The Kier molecular flexibility index (Phi) is 4.96. The van der Waals surface area contributed by atoms with Gasteiger partial charge in [0, 0.05) is 28.3 Å². The van der Waals surface area contributed by atoms with Crippen LogP contribution in [0.5, 0.6) is 5.88 Å². The van der Waals surface area contributed by atoms with Crippen LogP contribution < -0.4 is 10.5 Å². The van der Waals surface area contributed by atoms with Crippen molar-refractivity contribution in [3.8, 4) is 5.88 Å². The Balaban J connectivity index is 2.19. The molecular weight excluding hydrogens is 347 g/mol. The third-order valence-corrected chi connectivity index (χ3v) is 4.19. The first-order chi connectivity index (χ1) is 9.52. The molecule has 1 heterocycles. The lowest BCUT2D eigenvalue weighted by Crippen LogP contribution is -2.15. The van der Waals surface area contributed by atoms with Crippen LogP contribution in [0.25, 0.3) is 0 Å². The van der Waals surface area contributed by atoms with Crippen LogP contribution in [0.3, 0.4) is 0 Å². The van der Waals surface area contributed by atoms with Crippen LogP contribution in [0.15, 0.2) is 34.9 Å². The van der Waals surface area contributed by atoms with Crippen molar-refractivity contribution in [3.05, 3.63) is 56.9 Å². The third-order valence-electron chi connectivity index (χ3n) is 2.93. The molecule has 106 valence electrons. The fraction of sp³-hybridized carbons (Fsp3) is 0.214. The summed E-state index contributed by atoms with van der Waals surface area (Å²) >= 11 is 9.04. The van der Waals surface area contributed by atoms with E-state index >= 15 is 0 Å². The van der Waals surface area contributed by atoms with Gasteiger partial charge in [0.1, 0.15) is 5.82 Å². The van der Waals surface area contributed by atoms with Crippen LogP contribution in [-0.4, -0.2) is 12.1 Å². The zero-order chi connectivity index (χ0) is 14.7. The van der Waals surface area contributed by atoms with Gasteiger partial charge in [-0.1, -0.05) is 23.7 Å². The second kappa shape index (κ2) is 6.52. The number of pyridine rings is 1. The minimum atomic E-state index is -0.491. The first-order valence-corrected chi connectivity index (χ1v) is 7.08. The molecule has 0 saturated heterocycles. The van der Waals surface area contributed by atoms with Gasteiger partial charge in [0.15, 0.2) is 0 Å². The van der Waals surface area contributed by atoms with Crippen molar-refractivity contribution in [2.24, 2.45) is 5.73 Å². The summed E-state index contributed by atoms with van der Waals surface area (Å²) in [7, 11) is 1.55. The molecule has 0 bridgehead atoms. The van der Waals surface area contributed by atoms with Gasteiger partial charge >= 0.3 is 0 Å². The molecule has 1 unspecified atom stereocenters. The first kappa shape index (κ1) is 15.2. The van der Waals surface area contributed by atoms with Crippen molar-refractivity contribution in [2.45, 2.75) is 12.5 Å². The van der Waals surface area contributed by atoms with Crippen LogP contribution in [0.2, 0.25) is 5.02 Å². The lowest BCUT2D eigenvalue weighted by Gasteiger charge is -2.14. The second-order valence-electron chi connectivity index (χ2n) is 4.28. The molecule has 3 nitrogen and oxygen atoms in total. The van der Waals surface area contributed by atoms with Gasteiger partial charge in [-0.15, -0.1) is 0 Å². The van der Waals surface area contributed by atoms with Crippen molar-refractivity contribution >= 4 is 27.5 Å².